The van der Waals surface area contributed by atoms with E-state index in [2.05, 4.69) is 4.98 Å². The predicted octanol–water partition coefficient (Wildman–Crippen LogP) is 6.18. The average molecular weight is 567 g/mol. The van der Waals surface area contributed by atoms with Gasteiger partial charge in [-0.15, -0.1) is 0 Å². The normalized spacial score (nSPS) is 12.4. The minimum atomic E-state index is -4.62. The monoisotopic (exact) mass is 566 g/mol. The lowest BCUT2D eigenvalue weighted by Crippen LogP contribution is -2.33. The highest BCUT2D eigenvalue weighted by atomic mass is 35.5. The SMILES string of the molecule is O=C(NCC(F)(F)F)c1cn(-c2ccc(-c3ccccc3)cc2CS(=O)[O-])c(-c2c(Cl)cccc2Cl)n1. The van der Waals surface area contributed by atoms with Gasteiger partial charge in [0.15, 0.2) is 0 Å². The maximum Gasteiger partial charge on any atom is 0.405 e. The molecule has 6 nitrogen and oxygen atoms in total. The van der Waals surface area contributed by atoms with Gasteiger partial charge in [-0.2, -0.15) is 13.2 Å². The maximum atomic E-state index is 12.7. The van der Waals surface area contributed by atoms with E-state index in [1.165, 1.54) is 22.9 Å². The van der Waals surface area contributed by atoms with Crippen molar-refractivity contribution in [3.8, 4) is 28.2 Å². The lowest BCUT2D eigenvalue weighted by atomic mass is 10.0. The number of amides is 1. The highest BCUT2D eigenvalue weighted by Crippen LogP contribution is 2.36. The second-order valence-electron chi connectivity index (χ2n) is 7.87. The zero-order valence-electron chi connectivity index (χ0n) is 18.8. The third-order valence-electron chi connectivity index (χ3n) is 5.29. The summed E-state index contributed by atoms with van der Waals surface area (Å²) < 4.78 is 62.8. The second-order valence-corrected chi connectivity index (χ2v) is 9.58. The van der Waals surface area contributed by atoms with E-state index >= 15 is 0 Å². The Labute approximate surface area is 222 Å². The molecule has 0 bridgehead atoms. The molecule has 1 unspecified atom stereocenters. The summed E-state index contributed by atoms with van der Waals surface area (Å²) in [6, 6.07) is 19.0. The summed E-state index contributed by atoms with van der Waals surface area (Å²) in [6.07, 6.45) is -3.40. The van der Waals surface area contributed by atoms with Crippen molar-refractivity contribution in [2.45, 2.75) is 11.9 Å². The van der Waals surface area contributed by atoms with E-state index in [-0.39, 0.29) is 32.9 Å². The van der Waals surface area contributed by atoms with Crippen molar-refractivity contribution in [3.05, 3.63) is 94.2 Å². The molecule has 192 valence electrons. The molecule has 0 radical (unpaired) electrons. The molecule has 0 aliphatic heterocycles. The van der Waals surface area contributed by atoms with Gasteiger partial charge >= 0.3 is 6.18 Å². The summed E-state index contributed by atoms with van der Waals surface area (Å²) in [5.74, 6) is -1.40. The smallest absolute Gasteiger partial charge is 0.405 e. The van der Waals surface area contributed by atoms with Crippen molar-refractivity contribution in [2.24, 2.45) is 0 Å². The van der Waals surface area contributed by atoms with Crippen LogP contribution in [0.2, 0.25) is 10.0 Å². The van der Waals surface area contributed by atoms with E-state index in [0.717, 1.165) is 11.1 Å². The molecular formula is C25H17Cl2F3N3O3S-. The molecule has 0 fully saturated rings. The molecule has 12 heteroatoms. The minimum Gasteiger partial charge on any atom is -0.772 e. The van der Waals surface area contributed by atoms with Crippen LogP contribution in [-0.4, -0.2) is 36.9 Å². The fourth-order valence-corrected chi connectivity index (χ4v) is 4.76. The molecule has 4 rings (SSSR count). The fraction of sp³-hybridized carbons (Fsp3) is 0.120. The number of aromatic nitrogens is 2. The highest BCUT2D eigenvalue weighted by Gasteiger charge is 2.29. The number of rotatable bonds is 7. The van der Waals surface area contributed by atoms with E-state index in [1.807, 2.05) is 30.3 Å². The van der Waals surface area contributed by atoms with Gasteiger partial charge in [0.05, 0.1) is 21.3 Å². The number of alkyl halides is 3. The van der Waals surface area contributed by atoms with Gasteiger partial charge in [-0.3, -0.25) is 13.6 Å². The van der Waals surface area contributed by atoms with Crippen LogP contribution in [0.4, 0.5) is 13.2 Å². The first-order valence-corrected chi connectivity index (χ1v) is 12.7. The largest absolute Gasteiger partial charge is 0.772 e. The Morgan fingerprint density at radius 1 is 1.00 bits per heavy atom. The third-order valence-corrected chi connectivity index (χ3v) is 6.47. The molecule has 0 spiro atoms. The molecule has 0 saturated carbocycles. The second kappa shape index (κ2) is 11.1. The van der Waals surface area contributed by atoms with Crippen molar-refractivity contribution >= 4 is 40.2 Å². The van der Waals surface area contributed by atoms with Gasteiger partial charge in [0, 0.05) is 11.9 Å². The van der Waals surface area contributed by atoms with Gasteiger partial charge in [0.25, 0.3) is 5.91 Å². The number of nitrogens with zero attached hydrogens (tertiary/aromatic N) is 2. The van der Waals surface area contributed by atoms with Crippen LogP contribution in [0.25, 0.3) is 28.2 Å². The van der Waals surface area contributed by atoms with Gasteiger partial charge in [0.1, 0.15) is 18.1 Å². The summed E-state index contributed by atoms with van der Waals surface area (Å²) >= 11 is 10.3. The Kier molecular flexibility index (Phi) is 8.03. The Morgan fingerprint density at radius 3 is 2.30 bits per heavy atom. The van der Waals surface area contributed by atoms with Crippen LogP contribution in [0.15, 0.2) is 72.9 Å². The predicted molar refractivity (Wildman–Crippen MR) is 135 cm³/mol. The first-order chi connectivity index (χ1) is 17.5. The molecule has 1 heterocycles. The highest BCUT2D eigenvalue weighted by molar-refractivity contribution is 7.78. The summed E-state index contributed by atoms with van der Waals surface area (Å²) in [4.78, 5) is 16.8. The van der Waals surface area contributed by atoms with Crippen molar-refractivity contribution in [2.75, 3.05) is 6.54 Å². The van der Waals surface area contributed by atoms with E-state index < -0.39 is 29.7 Å². The summed E-state index contributed by atoms with van der Waals surface area (Å²) in [5.41, 5.74) is 2.17. The average Bonchev–Trinajstić information content (AvgIpc) is 3.27. The number of benzene rings is 3. The van der Waals surface area contributed by atoms with Crippen LogP contribution in [0, 0.1) is 0 Å². The maximum absolute atomic E-state index is 12.7. The zero-order chi connectivity index (χ0) is 26.7. The van der Waals surface area contributed by atoms with E-state index in [0.29, 0.717) is 11.3 Å². The quantitative estimate of drug-likeness (QED) is 0.270. The zero-order valence-corrected chi connectivity index (χ0v) is 21.1. The van der Waals surface area contributed by atoms with E-state index in [4.69, 9.17) is 23.2 Å². The van der Waals surface area contributed by atoms with Crippen molar-refractivity contribution in [3.63, 3.8) is 0 Å². The first-order valence-electron chi connectivity index (χ1n) is 10.7. The van der Waals surface area contributed by atoms with Crippen LogP contribution in [-0.2, 0) is 16.8 Å². The number of hydrogen-bond acceptors (Lipinski definition) is 4. The van der Waals surface area contributed by atoms with Crippen LogP contribution < -0.4 is 5.32 Å². The Balaban J connectivity index is 1.90. The van der Waals surface area contributed by atoms with Crippen LogP contribution >= 0.6 is 23.2 Å². The van der Waals surface area contributed by atoms with Gasteiger partial charge in [-0.1, -0.05) is 76.7 Å². The van der Waals surface area contributed by atoms with Crippen LogP contribution in [0.1, 0.15) is 16.1 Å². The summed E-state index contributed by atoms with van der Waals surface area (Å²) in [6.45, 7) is -1.55. The lowest BCUT2D eigenvalue weighted by molar-refractivity contribution is -0.123. The molecule has 3 aromatic carbocycles. The van der Waals surface area contributed by atoms with Gasteiger partial charge in [-0.25, -0.2) is 4.98 Å². The Morgan fingerprint density at radius 2 is 1.68 bits per heavy atom. The molecule has 4 aromatic rings. The van der Waals surface area contributed by atoms with Crippen molar-refractivity contribution in [1.82, 2.24) is 14.9 Å². The van der Waals surface area contributed by atoms with Crippen LogP contribution in [0.5, 0.6) is 0 Å². The van der Waals surface area contributed by atoms with Crippen molar-refractivity contribution in [1.29, 1.82) is 0 Å². The standard InChI is InChI=1S/C25H18Cl2F3N3O3S/c26-18-7-4-8-19(27)22(18)23-32-20(24(34)31-14-25(28,29)30)12-33(23)21-10-9-16(11-17(21)13-37(35)36)15-5-2-1-3-6-15/h1-12H,13-14H2,(H,31,34)(H,35,36)/p-1. The molecule has 0 saturated heterocycles. The third kappa shape index (κ3) is 6.40. The molecule has 1 amide bonds. The number of hydrogen-bond donors (Lipinski definition) is 1. The molecule has 1 atom stereocenters. The molecule has 0 aliphatic rings. The van der Waals surface area contributed by atoms with Gasteiger partial charge in [0.2, 0.25) is 0 Å². The number of imidazole rings is 1. The summed E-state index contributed by atoms with van der Waals surface area (Å²) in [5, 5.41) is 2.14. The number of halogens is 5. The Hall–Kier alpha value is -3.18. The first kappa shape index (κ1) is 26.9. The topological polar surface area (TPSA) is 87.0 Å². The van der Waals surface area contributed by atoms with Gasteiger partial charge < -0.3 is 9.87 Å². The van der Waals surface area contributed by atoms with Gasteiger partial charge in [-0.05, 0) is 41.0 Å². The fourth-order valence-electron chi connectivity index (χ4n) is 3.71. The molecule has 1 aromatic heterocycles. The summed E-state index contributed by atoms with van der Waals surface area (Å²) in [7, 11) is 0. The minimum absolute atomic E-state index is 0.0538. The van der Waals surface area contributed by atoms with Crippen molar-refractivity contribution < 1.29 is 26.7 Å². The Bertz CT molecular complexity index is 1460. The lowest BCUT2D eigenvalue weighted by Gasteiger charge is -2.17. The molecule has 0 aliphatic carbocycles. The number of carbonyl (C=O) groups is 1. The number of nitrogens with one attached hydrogen (secondary N) is 1. The molecule has 1 N–H and O–H groups in total. The van der Waals surface area contributed by atoms with E-state index in [9.17, 15) is 26.7 Å². The molecular weight excluding hydrogens is 550 g/mol. The molecule has 37 heavy (non-hydrogen) atoms. The number of carbonyl (C=O) groups excluding carboxylic acids is 1. The van der Waals surface area contributed by atoms with E-state index in [1.54, 1.807) is 29.6 Å². The van der Waals surface area contributed by atoms with Crippen LogP contribution in [0.3, 0.4) is 0 Å².